The molecule has 16 N–H and O–H groups in total. The summed E-state index contributed by atoms with van der Waals surface area (Å²) in [6.07, 6.45) is -0.121. The number of carbonyl (C=O) groups excluding carboxylic acids is 17. The maximum atomic E-state index is 14.5. The summed E-state index contributed by atoms with van der Waals surface area (Å²) >= 11 is 0. The quantitative estimate of drug-likeness (QED) is 0.0308. The van der Waals surface area contributed by atoms with Gasteiger partial charge < -0.3 is 94.5 Å². The lowest BCUT2D eigenvalue weighted by atomic mass is 9.95. The maximum absolute atomic E-state index is 14.5. The van der Waals surface area contributed by atoms with Crippen molar-refractivity contribution in [1.82, 2.24) is 85.1 Å². The summed E-state index contributed by atoms with van der Waals surface area (Å²) in [4.78, 5) is 240. The third-order valence-electron chi connectivity index (χ3n) is 20.2. The predicted octanol–water partition coefficient (Wildman–Crippen LogP) is 6.54. The van der Waals surface area contributed by atoms with Crippen molar-refractivity contribution in [3.8, 4) is 0 Å². The minimum Gasteiger partial charge on any atom is -0.459 e. The van der Waals surface area contributed by atoms with Crippen LogP contribution in [0.2, 0.25) is 0 Å². The molecule has 0 spiro atoms. The lowest BCUT2D eigenvalue weighted by Crippen LogP contribution is -2.66. The number of hydrogen-bond donors (Lipinski definition) is 16. The predicted molar refractivity (Wildman–Crippen MR) is 486 cm³/mol. The topological polar surface area (TPSA) is 501 Å². The Labute approximate surface area is 755 Å². The Hall–Kier alpha value is -9.99. The van der Waals surface area contributed by atoms with Crippen LogP contribution in [0.3, 0.4) is 0 Å². The highest BCUT2D eigenvalue weighted by Gasteiger charge is 2.46. The Balaban J connectivity index is 3.38. The summed E-state index contributed by atoms with van der Waals surface area (Å²) in [6.45, 7) is 56.6. The van der Waals surface area contributed by atoms with Gasteiger partial charge in [0, 0.05) is 0 Å². The highest BCUT2D eigenvalue weighted by molar-refractivity contribution is 6.03. The van der Waals surface area contributed by atoms with Crippen molar-refractivity contribution in [2.24, 2.45) is 47.3 Å². The van der Waals surface area contributed by atoms with Crippen molar-refractivity contribution < 1.29 is 91.0 Å². The zero-order chi connectivity index (χ0) is 98.8. The molecular formula is C92H160N16O19. The van der Waals surface area contributed by atoms with Crippen LogP contribution in [0.4, 0.5) is 4.79 Å². The fourth-order valence-corrected chi connectivity index (χ4v) is 13.0. The number of ether oxygens (including phenoxy) is 2. The van der Waals surface area contributed by atoms with E-state index in [4.69, 9.17) is 9.47 Å². The van der Waals surface area contributed by atoms with E-state index in [0.717, 1.165) is 5.56 Å². The van der Waals surface area contributed by atoms with Crippen molar-refractivity contribution in [1.29, 1.82) is 0 Å². The SMILES string of the molecule is CC(C)C[C@H](NC(=O)OC(C)(C)C)C(=O)NC(C)(C)C(=O)N[C@@H](CC(C)C)C(=O)NC(C)(C)C(=O)N[C@@H](CC(C)C)C(=O)NC(C)(C)C(=O)N[C@@H](CC(C)C)C(=O)NC(C)(C)C(=O)N[C@@H](CC(C)C)C(=O)NC(C)(C)C(=O)N[C@@H](CC(C)C)C(=O)NC(C)(C)C(=O)N[C@@H](CC(C)C)C(=O)NC(C)(C)C(=O)N[C@@H](CC(C)C)C(=O)NC(C)(C)C(=O)OCc1ccccc1. The Morgan fingerprint density at radius 2 is 0.394 bits per heavy atom. The van der Waals surface area contributed by atoms with Gasteiger partial charge in [-0.15, -0.1) is 0 Å². The highest BCUT2D eigenvalue weighted by atomic mass is 16.6. The van der Waals surface area contributed by atoms with Crippen LogP contribution in [0.1, 0.15) is 299 Å². The van der Waals surface area contributed by atoms with Gasteiger partial charge >= 0.3 is 12.1 Å². The molecule has 0 bridgehead atoms. The number of hydrogen-bond acceptors (Lipinski definition) is 19. The molecule has 0 aromatic heterocycles. The van der Waals surface area contributed by atoms with E-state index in [1.807, 2.05) is 61.5 Å². The van der Waals surface area contributed by atoms with Gasteiger partial charge in [-0.1, -0.05) is 141 Å². The van der Waals surface area contributed by atoms with Crippen molar-refractivity contribution in [3.05, 3.63) is 35.9 Å². The van der Waals surface area contributed by atoms with Crippen LogP contribution in [-0.4, -0.2) is 199 Å². The lowest BCUT2D eigenvalue weighted by molar-refractivity contribution is -0.154. The number of carbonyl (C=O) groups is 17. The minimum atomic E-state index is -1.79. The second kappa shape index (κ2) is 48.4. The number of amides is 16. The molecule has 0 radical (unpaired) electrons. The molecular weight excluding hydrogens is 1630 g/mol. The van der Waals surface area contributed by atoms with Crippen molar-refractivity contribution in [3.63, 3.8) is 0 Å². The molecule has 0 aliphatic rings. The van der Waals surface area contributed by atoms with Gasteiger partial charge in [0.2, 0.25) is 88.6 Å². The first-order valence-electron chi connectivity index (χ1n) is 44.5. The standard InChI is InChI=1S/C92H160N16O19/c1-50(2)41-59(67(109)102-86(22,23)76(118)95-61(43-52(5)6)69(111)104-88(26,27)78(120)97-63(45-54(9)10)71(113)106-90(30,31)80(122)99-65(47-56(13)14)73(115)108-92(34,35)82(124)126-49-58-39-37-36-38-40-58)93-75(117)85(20,21)101-68(110)60(42-51(3)4)94-77(119)87(24,25)103-70(112)62(44-53(7)8)96-79(121)89(28,29)105-72(114)64(46-55(11)12)98-81(123)91(32,33)107-74(116)66(48-57(15)16)100-83(125)127-84(17,18)19/h36-40,50-57,59-66H,41-49H2,1-35H3,(H,93,117)(H,94,119)(H,95,118)(H,96,121)(H,97,120)(H,98,123)(H,99,122)(H,100,125)(H,101,110)(H,102,109)(H,103,112)(H,104,111)(H,105,114)(H,106,113)(H,107,116)(H,108,115)/t59-,60-,61-,62-,63-,64-,65-,66-/m0/s1. The van der Waals surface area contributed by atoms with E-state index in [0.29, 0.717) is 0 Å². The molecule has 0 aliphatic heterocycles. The Morgan fingerprint density at radius 1 is 0.236 bits per heavy atom. The van der Waals surface area contributed by atoms with Gasteiger partial charge in [-0.05, 0) is 236 Å². The highest BCUT2D eigenvalue weighted by Crippen LogP contribution is 2.23. The average molecular weight is 1790 g/mol. The number of alkyl carbamates (subject to hydrolysis) is 1. The molecule has 0 saturated carbocycles. The van der Waals surface area contributed by atoms with Gasteiger partial charge in [-0.2, -0.15) is 0 Å². The smallest absolute Gasteiger partial charge is 0.408 e. The van der Waals surface area contributed by atoms with Crippen LogP contribution in [-0.2, 0) is 92.8 Å². The summed E-state index contributed by atoms with van der Waals surface area (Å²) in [7, 11) is 0. The van der Waals surface area contributed by atoms with Crippen LogP contribution < -0.4 is 85.1 Å². The summed E-state index contributed by atoms with van der Waals surface area (Å²) in [5.74, 6) is -13.8. The molecule has 0 saturated heterocycles. The Kier molecular flexibility index (Phi) is 43.9. The molecule has 722 valence electrons. The summed E-state index contributed by atoms with van der Waals surface area (Å²) < 4.78 is 10.9. The lowest BCUT2D eigenvalue weighted by Gasteiger charge is -2.35. The third kappa shape index (κ3) is 40.9. The average Bonchev–Trinajstić information content (AvgIpc) is 0.813. The van der Waals surface area contributed by atoms with Crippen LogP contribution in [0, 0.1) is 47.3 Å². The molecule has 35 heteroatoms. The second-order valence-corrected chi connectivity index (χ2v) is 42.4. The van der Waals surface area contributed by atoms with Gasteiger partial charge in [0.15, 0.2) is 0 Å². The van der Waals surface area contributed by atoms with Crippen molar-refractivity contribution in [2.45, 2.75) is 399 Å². The number of nitrogens with one attached hydrogen (secondary N) is 16. The summed E-state index contributed by atoms with van der Waals surface area (Å²) in [6, 6.07) is -0.970. The largest absolute Gasteiger partial charge is 0.459 e. The molecule has 127 heavy (non-hydrogen) atoms. The monoisotopic (exact) mass is 1790 g/mol. The Bertz CT molecular complexity index is 3940. The normalized spacial score (nSPS) is 14.4. The molecule has 0 fully saturated rings. The van der Waals surface area contributed by atoms with Crippen LogP contribution in [0.15, 0.2) is 30.3 Å². The van der Waals surface area contributed by atoms with Gasteiger partial charge in [0.05, 0.1) is 0 Å². The van der Waals surface area contributed by atoms with Crippen molar-refractivity contribution in [2.75, 3.05) is 0 Å². The van der Waals surface area contributed by atoms with Gasteiger partial charge in [0.1, 0.15) is 105 Å². The zero-order valence-electron chi connectivity index (χ0n) is 82.7. The van der Waals surface area contributed by atoms with E-state index in [9.17, 15) is 81.5 Å². The van der Waals surface area contributed by atoms with E-state index < -0.39 is 199 Å². The molecule has 8 atom stereocenters. The minimum absolute atomic E-state index is 0.0315. The van der Waals surface area contributed by atoms with Gasteiger partial charge in [-0.25, -0.2) is 9.59 Å². The van der Waals surface area contributed by atoms with Gasteiger partial charge in [-0.3, -0.25) is 71.9 Å². The van der Waals surface area contributed by atoms with E-state index in [1.54, 1.807) is 100 Å². The third-order valence-corrected chi connectivity index (χ3v) is 20.2. The maximum Gasteiger partial charge on any atom is 0.408 e. The molecule has 16 amide bonds. The molecule has 1 aromatic rings. The molecule has 1 rings (SSSR count). The van der Waals surface area contributed by atoms with Crippen molar-refractivity contribution >= 4 is 101 Å². The molecule has 35 nitrogen and oxygen atoms in total. The number of rotatable bonds is 50. The van der Waals surface area contributed by atoms with E-state index in [1.165, 1.54) is 111 Å². The zero-order valence-corrected chi connectivity index (χ0v) is 82.7. The number of benzene rings is 1. The van der Waals surface area contributed by atoms with E-state index in [2.05, 4.69) is 85.1 Å². The fourth-order valence-electron chi connectivity index (χ4n) is 13.0. The molecule has 1 aromatic carbocycles. The first-order valence-corrected chi connectivity index (χ1v) is 44.5. The first-order chi connectivity index (χ1) is 57.6. The summed E-state index contributed by atoms with van der Waals surface area (Å²) in [5.41, 5.74) is -13.8. The van der Waals surface area contributed by atoms with Gasteiger partial charge in [0.25, 0.3) is 0 Å². The van der Waals surface area contributed by atoms with Crippen LogP contribution in [0.25, 0.3) is 0 Å². The Morgan fingerprint density at radius 3 is 0.551 bits per heavy atom. The van der Waals surface area contributed by atoms with E-state index in [-0.39, 0.29) is 105 Å². The fraction of sp³-hybridized carbons (Fsp3) is 0.750. The van der Waals surface area contributed by atoms with E-state index >= 15 is 0 Å². The van der Waals surface area contributed by atoms with Crippen LogP contribution >= 0.6 is 0 Å². The molecule has 0 unspecified atom stereocenters. The van der Waals surface area contributed by atoms with Crippen LogP contribution in [0.5, 0.6) is 0 Å². The number of esters is 1. The molecule has 0 aliphatic carbocycles. The first kappa shape index (κ1) is 115. The summed E-state index contributed by atoms with van der Waals surface area (Å²) in [5, 5.41) is 43.3. The second-order valence-electron chi connectivity index (χ2n) is 42.4. The molecule has 0 heterocycles.